The minimum Gasteiger partial charge on any atom is -0.490 e. The number of ether oxygens (including phenoxy) is 3. The van der Waals surface area contributed by atoms with Gasteiger partial charge in [0.15, 0.2) is 0 Å². The molecule has 0 radical (unpaired) electrons. The zero-order valence-corrected chi connectivity index (χ0v) is 32.6. The van der Waals surface area contributed by atoms with Gasteiger partial charge in [-0.25, -0.2) is 13.1 Å². The molecule has 1 saturated carbocycles. The molecule has 0 aromatic heterocycles. The van der Waals surface area contributed by atoms with E-state index in [0.717, 1.165) is 55.7 Å². The van der Waals surface area contributed by atoms with E-state index in [1.807, 2.05) is 19.1 Å². The Balaban J connectivity index is 1.43. The molecule has 2 aromatic carbocycles. The van der Waals surface area contributed by atoms with Gasteiger partial charge in [-0.3, -0.25) is 4.79 Å². The quantitative estimate of drug-likeness (QED) is 0.121. The molecule has 0 bridgehead atoms. The topological polar surface area (TPSA) is 114 Å². The molecule has 2 aliphatic carbocycles. The molecule has 1 heterocycles. The molecule has 286 valence electrons. The first-order chi connectivity index (χ1) is 25.0. The molecule has 52 heavy (non-hydrogen) atoms. The number of unbranched alkanes of at least 4 members (excludes halogenated alkanes) is 1. The summed E-state index contributed by atoms with van der Waals surface area (Å²) in [6.07, 6.45) is 12.7. The molecule has 11 heteroatoms. The Kier molecular flexibility index (Phi) is 14.3. The fraction of sp³-hybridized carbons (Fsp3) is 0.585. The van der Waals surface area contributed by atoms with E-state index in [1.54, 1.807) is 31.4 Å². The fourth-order valence-electron chi connectivity index (χ4n) is 8.22. The highest BCUT2D eigenvalue weighted by atomic mass is 35.5. The molecule has 0 unspecified atom stereocenters. The molecule has 1 fully saturated rings. The lowest BCUT2D eigenvalue weighted by atomic mass is 9.68. The van der Waals surface area contributed by atoms with Gasteiger partial charge >= 0.3 is 0 Å². The minimum atomic E-state index is -4.07. The summed E-state index contributed by atoms with van der Waals surface area (Å²) >= 11 is 6.45. The summed E-state index contributed by atoms with van der Waals surface area (Å²) in [6, 6.07) is 11.4. The number of nitrogens with zero attached hydrogens (tertiary/aromatic N) is 1. The van der Waals surface area contributed by atoms with E-state index in [1.165, 1.54) is 11.1 Å². The Morgan fingerprint density at radius 1 is 1.21 bits per heavy atom. The highest BCUT2D eigenvalue weighted by Gasteiger charge is 2.44. The van der Waals surface area contributed by atoms with E-state index in [9.17, 15) is 18.3 Å². The number of hydrogen-bond donors (Lipinski definition) is 2. The second-order valence-corrected chi connectivity index (χ2v) is 17.2. The van der Waals surface area contributed by atoms with Crippen molar-refractivity contribution >= 4 is 33.2 Å². The number of aliphatic hydroxyl groups is 1. The van der Waals surface area contributed by atoms with E-state index < -0.39 is 27.3 Å². The van der Waals surface area contributed by atoms with E-state index in [0.29, 0.717) is 45.1 Å². The van der Waals surface area contributed by atoms with Crippen molar-refractivity contribution in [1.29, 1.82) is 0 Å². The Hall–Kier alpha value is -2.89. The van der Waals surface area contributed by atoms with Crippen molar-refractivity contribution < 1.29 is 32.5 Å². The summed E-state index contributed by atoms with van der Waals surface area (Å²) in [4.78, 5) is 16.1. The van der Waals surface area contributed by atoms with Crippen LogP contribution in [0.2, 0.25) is 5.02 Å². The number of allylic oxidation sites excluding steroid dienone is 2. The molecule has 1 spiro atoms. The van der Waals surface area contributed by atoms with Gasteiger partial charge < -0.3 is 24.2 Å². The number of aryl methyl sites for hydroxylation is 1. The van der Waals surface area contributed by atoms with E-state index in [-0.39, 0.29) is 41.8 Å². The number of fused-ring (bicyclic) bond motifs is 3. The molecular formula is C41H57ClN2O7S. The molecule has 2 aromatic rings. The van der Waals surface area contributed by atoms with Crippen molar-refractivity contribution in [2.24, 2.45) is 17.8 Å². The van der Waals surface area contributed by atoms with Crippen molar-refractivity contribution in [3.05, 3.63) is 82.9 Å². The Bertz CT molecular complexity index is 1670. The molecular weight excluding hydrogens is 700 g/mol. The average Bonchev–Trinajstić information content (AvgIpc) is 3.24. The number of methoxy groups -OCH3 is 1. The van der Waals surface area contributed by atoms with Crippen LogP contribution in [0.25, 0.3) is 0 Å². The second kappa shape index (κ2) is 18.4. The molecule has 1 aliphatic heterocycles. The number of carbonyl (C=O) groups is 1. The predicted octanol–water partition coefficient (Wildman–Crippen LogP) is 7.25. The van der Waals surface area contributed by atoms with Crippen molar-refractivity contribution in [2.75, 3.05) is 51.5 Å². The zero-order chi connectivity index (χ0) is 37.3. The Labute approximate surface area is 315 Å². The number of benzene rings is 2. The molecule has 6 atom stereocenters. The lowest BCUT2D eigenvalue weighted by Gasteiger charge is -2.45. The van der Waals surface area contributed by atoms with Crippen molar-refractivity contribution in [3.8, 4) is 5.75 Å². The summed E-state index contributed by atoms with van der Waals surface area (Å²) in [7, 11) is -2.49. The van der Waals surface area contributed by atoms with Gasteiger partial charge in [0.25, 0.3) is 5.91 Å². The van der Waals surface area contributed by atoms with Crippen LogP contribution in [0.5, 0.6) is 5.75 Å². The molecule has 2 N–H and O–H groups in total. The number of amides is 1. The van der Waals surface area contributed by atoms with E-state index in [4.69, 9.17) is 25.8 Å². The third kappa shape index (κ3) is 9.61. The van der Waals surface area contributed by atoms with Crippen LogP contribution in [0.4, 0.5) is 5.69 Å². The number of nitrogens with one attached hydrogen (secondary N) is 1. The highest BCUT2D eigenvalue weighted by molar-refractivity contribution is 7.90. The molecule has 3 aliphatic rings. The number of anilines is 1. The lowest BCUT2D eigenvalue weighted by molar-refractivity contribution is 0.0456. The summed E-state index contributed by atoms with van der Waals surface area (Å²) < 4.78 is 47.2. The van der Waals surface area contributed by atoms with Crippen molar-refractivity contribution in [1.82, 2.24) is 4.72 Å². The van der Waals surface area contributed by atoms with Crippen LogP contribution in [-0.4, -0.2) is 77.4 Å². The van der Waals surface area contributed by atoms with Gasteiger partial charge in [-0.15, -0.1) is 6.58 Å². The van der Waals surface area contributed by atoms with Crippen molar-refractivity contribution in [3.63, 3.8) is 0 Å². The maximum Gasteiger partial charge on any atom is 0.264 e. The summed E-state index contributed by atoms with van der Waals surface area (Å²) in [5.74, 6) is 0.0694. The van der Waals surface area contributed by atoms with E-state index >= 15 is 0 Å². The summed E-state index contributed by atoms with van der Waals surface area (Å²) in [5.41, 5.74) is 3.17. The first-order valence-corrected chi connectivity index (χ1v) is 20.8. The number of halogens is 1. The number of rotatable bonds is 18. The number of sulfonamides is 1. The van der Waals surface area contributed by atoms with Gasteiger partial charge in [0.05, 0.1) is 36.9 Å². The van der Waals surface area contributed by atoms with Crippen LogP contribution < -0.4 is 14.4 Å². The van der Waals surface area contributed by atoms with Gasteiger partial charge in [0.2, 0.25) is 10.0 Å². The van der Waals surface area contributed by atoms with Crippen LogP contribution in [-0.2, 0) is 31.3 Å². The van der Waals surface area contributed by atoms with Gasteiger partial charge in [-0.1, -0.05) is 56.2 Å². The Morgan fingerprint density at radius 2 is 2.04 bits per heavy atom. The van der Waals surface area contributed by atoms with Crippen LogP contribution in [0.1, 0.15) is 86.7 Å². The molecule has 5 rings (SSSR count). The molecule has 1 amide bonds. The minimum absolute atomic E-state index is 0.138. The SMILES string of the molecule is C=CC[C@@H](C)[C@H](CCOCCOC)S(=O)(=O)NC(=O)c1ccc2c(c1)N(C[C@@H]1CC[C@H]1[C@@H](O)/C=C/CCC)C[C@@]1(CCCc3cc(Cl)ccc31)CO2. The van der Waals surface area contributed by atoms with Gasteiger partial charge in [0.1, 0.15) is 5.75 Å². The second-order valence-electron chi connectivity index (χ2n) is 14.9. The monoisotopic (exact) mass is 756 g/mol. The first-order valence-electron chi connectivity index (χ1n) is 18.9. The third-order valence-corrected chi connectivity index (χ3v) is 13.4. The van der Waals surface area contributed by atoms with Gasteiger partial charge in [-0.05, 0) is 111 Å². The van der Waals surface area contributed by atoms with Crippen LogP contribution in [0.15, 0.2) is 61.2 Å². The van der Waals surface area contributed by atoms with Crippen molar-refractivity contribution in [2.45, 2.75) is 88.4 Å². The number of hydrogen-bond acceptors (Lipinski definition) is 8. The number of aliphatic hydroxyl groups excluding tert-OH is 1. The smallest absolute Gasteiger partial charge is 0.264 e. The third-order valence-electron chi connectivity index (χ3n) is 11.2. The lowest BCUT2D eigenvalue weighted by Crippen LogP contribution is -2.49. The first kappa shape index (κ1) is 40.3. The maximum atomic E-state index is 13.8. The largest absolute Gasteiger partial charge is 0.490 e. The Morgan fingerprint density at radius 3 is 2.77 bits per heavy atom. The predicted molar refractivity (Wildman–Crippen MR) is 208 cm³/mol. The highest BCUT2D eigenvalue weighted by Crippen LogP contribution is 2.46. The van der Waals surface area contributed by atoms with Crippen LogP contribution >= 0.6 is 11.6 Å². The number of carbonyl (C=O) groups excluding carboxylic acids is 1. The normalized spacial score (nSPS) is 23.1. The molecule has 0 saturated heterocycles. The fourth-order valence-corrected chi connectivity index (χ4v) is 10.1. The summed E-state index contributed by atoms with van der Waals surface area (Å²) in [5, 5.41) is 11.0. The van der Waals surface area contributed by atoms with Crippen LogP contribution in [0.3, 0.4) is 0 Å². The molecule has 9 nitrogen and oxygen atoms in total. The van der Waals surface area contributed by atoms with E-state index in [2.05, 4.69) is 41.3 Å². The zero-order valence-electron chi connectivity index (χ0n) is 31.0. The standard InChI is InChI=1S/C41H57ClN2O7S/c1-5-7-8-12-37(45)34-16-13-32(34)26-44-27-41(20-9-11-30-24-33(42)15-17-35(30)41)28-51-38-18-14-31(25-36(38)44)40(46)43-52(47,48)39(29(3)10-6-2)19-21-50-23-22-49-4/h6,8,12,14-15,17-18,24-25,29,32,34,37,39,45H,2,5,7,9-11,13,16,19-23,26-28H2,1,3-4H3,(H,43,46)/b12-8+/t29-,32+,34-,37+,39+,41+/m1/s1. The van der Waals surface area contributed by atoms with Crippen LogP contribution in [0, 0.1) is 17.8 Å². The van der Waals surface area contributed by atoms with Gasteiger partial charge in [-0.2, -0.15) is 0 Å². The average molecular weight is 757 g/mol. The van der Waals surface area contributed by atoms with Gasteiger partial charge in [0, 0.05) is 42.8 Å². The summed E-state index contributed by atoms with van der Waals surface area (Å²) in [6.45, 7) is 10.6. The maximum absolute atomic E-state index is 13.8.